The minimum Gasteiger partial charge on any atom is -0.397 e. The highest BCUT2D eigenvalue weighted by Gasteiger charge is 2.18. The van der Waals surface area contributed by atoms with Crippen LogP contribution in [0.4, 0.5) is 5.69 Å². The van der Waals surface area contributed by atoms with Gasteiger partial charge in [0, 0.05) is 27.0 Å². The molecule has 1 aromatic heterocycles. The van der Waals surface area contributed by atoms with Gasteiger partial charge in [0.1, 0.15) is 4.88 Å². The van der Waals surface area contributed by atoms with Crippen molar-refractivity contribution in [2.45, 2.75) is 19.4 Å². The fraction of sp³-hybridized carbons (Fsp3) is 0.231. The summed E-state index contributed by atoms with van der Waals surface area (Å²) >= 11 is 4.71. The maximum atomic E-state index is 12.2. The van der Waals surface area contributed by atoms with E-state index < -0.39 is 5.91 Å². The number of hydrogen-bond acceptors (Lipinski definition) is 4. The molecule has 20 heavy (non-hydrogen) atoms. The number of halogens is 1. The van der Waals surface area contributed by atoms with Crippen LogP contribution >= 0.6 is 27.3 Å². The number of fused-ring (bicyclic) bond motifs is 1. The normalized spacial score (nSPS) is 12.3. The van der Waals surface area contributed by atoms with Crippen LogP contribution in [0.1, 0.15) is 23.0 Å². The van der Waals surface area contributed by atoms with Crippen molar-refractivity contribution in [1.82, 2.24) is 5.32 Å². The fourth-order valence-electron chi connectivity index (χ4n) is 1.90. The molecule has 0 aliphatic rings. The van der Waals surface area contributed by atoms with Crippen LogP contribution in [0.15, 0.2) is 22.7 Å². The van der Waals surface area contributed by atoms with E-state index in [9.17, 15) is 9.59 Å². The summed E-state index contributed by atoms with van der Waals surface area (Å²) in [4.78, 5) is 23.4. The van der Waals surface area contributed by atoms with Gasteiger partial charge in [0.25, 0.3) is 5.91 Å². The number of primary amides is 1. The average Bonchev–Trinajstić information content (AvgIpc) is 2.65. The first-order valence-electron chi connectivity index (χ1n) is 5.95. The summed E-state index contributed by atoms with van der Waals surface area (Å²) in [5.41, 5.74) is 11.6. The van der Waals surface area contributed by atoms with Crippen LogP contribution in [0, 0.1) is 0 Å². The van der Waals surface area contributed by atoms with Gasteiger partial charge < -0.3 is 16.8 Å². The van der Waals surface area contributed by atoms with E-state index in [0.717, 1.165) is 14.6 Å². The van der Waals surface area contributed by atoms with E-state index in [2.05, 4.69) is 21.2 Å². The molecule has 1 unspecified atom stereocenters. The van der Waals surface area contributed by atoms with E-state index in [1.54, 1.807) is 6.92 Å². The zero-order chi connectivity index (χ0) is 14.9. The molecule has 1 heterocycles. The second-order valence-electron chi connectivity index (χ2n) is 4.53. The van der Waals surface area contributed by atoms with E-state index in [1.165, 1.54) is 11.3 Å². The van der Waals surface area contributed by atoms with Gasteiger partial charge in [-0.15, -0.1) is 11.3 Å². The number of carbonyl (C=O) groups excluding carboxylic acids is 2. The molecule has 2 amide bonds. The minimum absolute atomic E-state index is 0.0993. The molecule has 5 nitrogen and oxygen atoms in total. The Hall–Kier alpha value is -1.60. The molecule has 0 radical (unpaired) electrons. The summed E-state index contributed by atoms with van der Waals surface area (Å²) in [6.45, 7) is 1.72. The van der Waals surface area contributed by atoms with Crippen LogP contribution in [-0.4, -0.2) is 17.9 Å². The van der Waals surface area contributed by atoms with Gasteiger partial charge in [0.2, 0.25) is 5.91 Å². The van der Waals surface area contributed by atoms with Gasteiger partial charge in [-0.3, -0.25) is 9.59 Å². The van der Waals surface area contributed by atoms with Gasteiger partial charge >= 0.3 is 0 Å². The summed E-state index contributed by atoms with van der Waals surface area (Å²) in [5.74, 6) is -0.736. The van der Waals surface area contributed by atoms with Gasteiger partial charge in [-0.05, 0) is 19.1 Å². The van der Waals surface area contributed by atoms with Crippen LogP contribution in [0.25, 0.3) is 10.1 Å². The van der Waals surface area contributed by atoms with Gasteiger partial charge in [-0.1, -0.05) is 22.0 Å². The molecule has 0 aliphatic carbocycles. The number of hydrogen-bond donors (Lipinski definition) is 3. The fourth-order valence-corrected chi connectivity index (χ4v) is 3.48. The molecule has 0 aliphatic heterocycles. The number of rotatable bonds is 4. The number of carbonyl (C=O) groups is 2. The summed E-state index contributed by atoms with van der Waals surface area (Å²) < 4.78 is 1.87. The molecule has 0 spiro atoms. The Morgan fingerprint density at radius 2 is 2.15 bits per heavy atom. The van der Waals surface area contributed by atoms with Crippen molar-refractivity contribution in [1.29, 1.82) is 0 Å². The van der Waals surface area contributed by atoms with Crippen LogP contribution in [-0.2, 0) is 4.79 Å². The molecule has 0 saturated carbocycles. The molecule has 5 N–H and O–H groups in total. The highest BCUT2D eigenvalue weighted by molar-refractivity contribution is 9.10. The quantitative estimate of drug-likeness (QED) is 0.784. The van der Waals surface area contributed by atoms with Crippen LogP contribution in [0.3, 0.4) is 0 Å². The number of anilines is 1. The zero-order valence-electron chi connectivity index (χ0n) is 10.8. The first kappa shape index (κ1) is 14.8. The molecule has 2 aromatic rings. The summed E-state index contributed by atoms with van der Waals surface area (Å²) in [7, 11) is 0. The predicted molar refractivity (Wildman–Crippen MR) is 84.7 cm³/mol. The number of nitrogen functional groups attached to an aromatic ring is 1. The van der Waals surface area contributed by atoms with Crippen LogP contribution < -0.4 is 16.8 Å². The van der Waals surface area contributed by atoms with E-state index in [0.29, 0.717) is 10.6 Å². The van der Waals surface area contributed by atoms with Crippen molar-refractivity contribution in [2.24, 2.45) is 5.73 Å². The monoisotopic (exact) mass is 355 g/mol. The minimum atomic E-state index is -0.453. The summed E-state index contributed by atoms with van der Waals surface area (Å²) in [6, 6.07) is 5.34. The van der Waals surface area contributed by atoms with E-state index in [4.69, 9.17) is 11.5 Å². The molecule has 1 atom stereocenters. The van der Waals surface area contributed by atoms with Crippen molar-refractivity contribution in [3.05, 3.63) is 27.5 Å². The van der Waals surface area contributed by atoms with E-state index >= 15 is 0 Å². The first-order valence-corrected chi connectivity index (χ1v) is 7.56. The van der Waals surface area contributed by atoms with E-state index in [1.807, 2.05) is 18.2 Å². The Morgan fingerprint density at radius 3 is 2.80 bits per heavy atom. The lowest BCUT2D eigenvalue weighted by molar-refractivity contribution is -0.118. The Morgan fingerprint density at radius 1 is 1.45 bits per heavy atom. The molecule has 7 heteroatoms. The lowest BCUT2D eigenvalue weighted by Gasteiger charge is -2.11. The van der Waals surface area contributed by atoms with Crippen LogP contribution in [0.2, 0.25) is 0 Å². The second kappa shape index (κ2) is 5.80. The third-order valence-electron chi connectivity index (χ3n) is 2.78. The van der Waals surface area contributed by atoms with Crippen LogP contribution in [0.5, 0.6) is 0 Å². The lowest BCUT2D eigenvalue weighted by atomic mass is 10.2. The maximum Gasteiger partial charge on any atom is 0.263 e. The van der Waals surface area contributed by atoms with E-state index in [-0.39, 0.29) is 18.4 Å². The molecule has 106 valence electrons. The van der Waals surface area contributed by atoms with Gasteiger partial charge in [-0.25, -0.2) is 0 Å². The number of amides is 2. The lowest BCUT2D eigenvalue weighted by Crippen LogP contribution is -2.35. The first-order chi connectivity index (χ1) is 9.38. The Labute approximate surface area is 128 Å². The second-order valence-corrected chi connectivity index (χ2v) is 6.50. The largest absolute Gasteiger partial charge is 0.397 e. The predicted octanol–water partition coefficient (Wildman–Crippen LogP) is 2.24. The Kier molecular flexibility index (Phi) is 4.29. The maximum absolute atomic E-state index is 12.2. The average molecular weight is 356 g/mol. The van der Waals surface area contributed by atoms with Crippen molar-refractivity contribution in [3.63, 3.8) is 0 Å². The van der Waals surface area contributed by atoms with Gasteiger partial charge in [-0.2, -0.15) is 0 Å². The highest BCUT2D eigenvalue weighted by Crippen LogP contribution is 2.35. The Balaban J connectivity index is 2.26. The standard InChI is InChI=1S/C13H14BrN3O2S/c1-6(4-10(15)18)17-13(19)12-11(16)8-3-2-7(14)5-9(8)20-12/h2-3,5-6H,4,16H2,1H3,(H2,15,18)(H,17,19). The summed E-state index contributed by atoms with van der Waals surface area (Å²) in [6.07, 6.45) is 0.0993. The zero-order valence-corrected chi connectivity index (χ0v) is 13.2. The van der Waals surface area contributed by atoms with Gasteiger partial charge in [0.15, 0.2) is 0 Å². The van der Waals surface area contributed by atoms with Crippen molar-refractivity contribution in [2.75, 3.05) is 5.73 Å². The third-order valence-corrected chi connectivity index (χ3v) is 4.44. The number of nitrogens with two attached hydrogens (primary N) is 2. The molecule has 0 fully saturated rings. The Bertz CT molecular complexity index is 684. The molecule has 1 aromatic carbocycles. The molecule has 0 saturated heterocycles. The molecule has 2 rings (SSSR count). The third kappa shape index (κ3) is 3.10. The molecular weight excluding hydrogens is 342 g/mol. The van der Waals surface area contributed by atoms with Crippen molar-refractivity contribution < 1.29 is 9.59 Å². The smallest absolute Gasteiger partial charge is 0.263 e. The molecular formula is C13H14BrN3O2S. The summed E-state index contributed by atoms with van der Waals surface area (Å²) in [5, 5.41) is 3.58. The number of nitrogens with one attached hydrogen (secondary N) is 1. The SMILES string of the molecule is CC(CC(N)=O)NC(=O)c1sc2cc(Br)ccc2c1N. The topological polar surface area (TPSA) is 98.2 Å². The molecule has 0 bridgehead atoms. The number of benzene rings is 1. The van der Waals surface area contributed by atoms with Crippen molar-refractivity contribution >= 4 is 54.9 Å². The number of thiophene rings is 1. The highest BCUT2D eigenvalue weighted by atomic mass is 79.9. The van der Waals surface area contributed by atoms with Gasteiger partial charge in [0.05, 0.1) is 5.69 Å². The van der Waals surface area contributed by atoms with Crippen molar-refractivity contribution in [3.8, 4) is 0 Å².